The highest BCUT2D eigenvalue weighted by Crippen LogP contribution is 2.36. The quantitative estimate of drug-likeness (QED) is 0.796. The number of carboxylic acids is 1. The second-order valence-electron chi connectivity index (χ2n) is 6.79. The Kier molecular flexibility index (Phi) is 9.17. The second kappa shape index (κ2) is 10.6. The molecular weight excluding hydrogens is 278 g/mol. The molecule has 0 aliphatic heterocycles. The van der Waals surface area contributed by atoms with E-state index in [0.717, 1.165) is 32.1 Å². The third kappa shape index (κ3) is 6.80. The molecule has 0 heterocycles. The van der Waals surface area contributed by atoms with Gasteiger partial charge in [-0.15, -0.1) is 0 Å². The minimum Gasteiger partial charge on any atom is -0.481 e. The molecule has 22 heavy (non-hydrogen) atoms. The molecule has 0 aromatic carbocycles. The summed E-state index contributed by atoms with van der Waals surface area (Å²) in [5, 5.41) is 12.6. The van der Waals surface area contributed by atoms with Crippen LogP contribution in [0.15, 0.2) is 0 Å². The highest BCUT2D eigenvalue weighted by atomic mass is 16.4. The molecule has 4 nitrogen and oxygen atoms in total. The first-order chi connectivity index (χ1) is 10.6. The number of aliphatic carboxylic acids is 1. The monoisotopic (exact) mass is 311 g/mol. The van der Waals surface area contributed by atoms with Crippen LogP contribution in [0.5, 0.6) is 0 Å². The first-order valence-corrected chi connectivity index (χ1v) is 9.11. The van der Waals surface area contributed by atoms with Gasteiger partial charge in [-0.05, 0) is 19.3 Å². The number of hydrogen-bond donors (Lipinski definition) is 2. The summed E-state index contributed by atoms with van der Waals surface area (Å²) in [4.78, 5) is 24.0. The molecule has 128 valence electrons. The van der Waals surface area contributed by atoms with Crippen molar-refractivity contribution in [1.29, 1.82) is 0 Å². The summed E-state index contributed by atoms with van der Waals surface area (Å²) in [7, 11) is 0. The maximum absolute atomic E-state index is 12.1. The van der Waals surface area contributed by atoms with Gasteiger partial charge in [0.2, 0.25) is 5.91 Å². The summed E-state index contributed by atoms with van der Waals surface area (Å²) >= 11 is 0. The summed E-state index contributed by atoms with van der Waals surface area (Å²) in [6, 6.07) is 0. The Hall–Kier alpha value is -1.06. The molecule has 1 aliphatic carbocycles. The fourth-order valence-electron chi connectivity index (χ4n) is 3.39. The van der Waals surface area contributed by atoms with Crippen molar-refractivity contribution in [3.05, 3.63) is 0 Å². The molecule has 1 saturated carbocycles. The van der Waals surface area contributed by atoms with Gasteiger partial charge in [-0.3, -0.25) is 9.59 Å². The van der Waals surface area contributed by atoms with E-state index < -0.39 is 11.4 Å². The van der Waals surface area contributed by atoms with Gasteiger partial charge in [-0.25, -0.2) is 0 Å². The van der Waals surface area contributed by atoms with Crippen molar-refractivity contribution >= 4 is 11.9 Å². The minimum atomic E-state index is -0.850. The zero-order chi connectivity index (χ0) is 16.3. The Bertz CT molecular complexity index is 329. The molecular formula is C18H33NO3. The Morgan fingerprint density at radius 2 is 1.36 bits per heavy atom. The van der Waals surface area contributed by atoms with Crippen molar-refractivity contribution in [1.82, 2.24) is 5.32 Å². The fraction of sp³-hybridized carbons (Fsp3) is 0.889. The van der Waals surface area contributed by atoms with Crippen LogP contribution in [0.1, 0.15) is 90.4 Å². The third-order valence-electron chi connectivity index (χ3n) is 4.84. The van der Waals surface area contributed by atoms with E-state index >= 15 is 0 Å². The Morgan fingerprint density at radius 1 is 0.909 bits per heavy atom. The largest absolute Gasteiger partial charge is 0.481 e. The number of hydrogen-bond acceptors (Lipinski definition) is 2. The number of carbonyl (C=O) groups is 2. The fourth-order valence-corrected chi connectivity index (χ4v) is 3.39. The van der Waals surface area contributed by atoms with Crippen molar-refractivity contribution < 1.29 is 14.7 Å². The molecule has 1 rings (SSSR count). The van der Waals surface area contributed by atoms with Crippen molar-refractivity contribution in [2.75, 3.05) is 6.54 Å². The van der Waals surface area contributed by atoms with Crippen LogP contribution in [0.3, 0.4) is 0 Å². The van der Waals surface area contributed by atoms with Crippen LogP contribution in [-0.4, -0.2) is 23.5 Å². The first kappa shape index (κ1) is 19.0. The van der Waals surface area contributed by atoms with Crippen LogP contribution in [-0.2, 0) is 9.59 Å². The topological polar surface area (TPSA) is 66.4 Å². The van der Waals surface area contributed by atoms with E-state index in [4.69, 9.17) is 0 Å². The molecule has 0 aromatic rings. The van der Waals surface area contributed by atoms with Crippen LogP contribution in [0, 0.1) is 5.41 Å². The lowest BCUT2D eigenvalue weighted by molar-refractivity contribution is -0.153. The highest BCUT2D eigenvalue weighted by molar-refractivity contribution is 5.84. The van der Waals surface area contributed by atoms with Gasteiger partial charge in [0.1, 0.15) is 0 Å². The first-order valence-electron chi connectivity index (χ1n) is 9.11. The molecule has 0 aromatic heterocycles. The number of nitrogens with one attached hydrogen (secondary N) is 1. The van der Waals surface area contributed by atoms with Gasteiger partial charge < -0.3 is 10.4 Å². The Labute approximate surface area is 135 Å². The van der Waals surface area contributed by atoms with Gasteiger partial charge in [0.15, 0.2) is 0 Å². The molecule has 0 spiro atoms. The summed E-state index contributed by atoms with van der Waals surface area (Å²) in [6.45, 7) is 2.64. The molecule has 0 saturated heterocycles. The van der Waals surface area contributed by atoms with Crippen molar-refractivity contribution in [3.8, 4) is 0 Å². The normalized spacial score (nSPS) is 20.4. The smallest absolute Gasteiger partial charge is 0.310 e. The zero-order valence-corrected chi connectivity index (χ0v) is 14.2. The van der Waals surface area contributed by atoms with E-state index in [9.17, 15) is 14.7 Å². The average Bonchev–Trinajstić information content (AvgIpc) is 2.47. The zero-order valence-electron chi connectivity index (χ0n) is 14.2. The minimum absolute atomic E-state index is 0.101. The summed E-state index contributed by atoms with van der Waals surface area (Å²) < 4.78 is 0. The summed E-state index contributed by atoms with van der Waals surface area (Å²) in [6.07, 6.45) is 12.5. The van der Waals surface area contributed by atoms with Crippen LogP contribution in [0.2, 0.25) is 0 Å². The SMILES string of the molecule is CCCNC(=O)CC1(C(=O)O)CCCCCCCCCCC1. The summed E-state index contributed by atoms with van der Waals surface area (Å²) in [5.41, 5.74) is -0.850. The molecule has 2 N–H and O–H groups in total. The van der Waals surface area contributed by atoms with Gasteiger partial charge in [0.25, 0.3) is 0 Å². The highest BCUT2D eigenvalue weighted by Gasteiger charge is 2.39. The second-order valence-corrected chi connectivity index (χ2v) is 6.79. The standard InChI is InChI=1S/C18H33NO3/c1-2-14-19-16(20)15-18(17(21)22)12-10-8-6-4-3-5-7-9-11-13-18/h2-15H2,1H3,(H,19,20)(H,21,22). The Morgan fingerprint density at radius 3 is 1.77 bits per heavy atom. The van der Waals surface area contributed by atoms with Crippen molar-refractivity contribution in [3.63, 3.8) is 0 Å². The van der Waals surface area contributed by atoms with E-state index in [2.05, 4.69) is 5.32 Å². The predicted octanol–water partition coefficient (Wildman–Crippen LogP) is 4.28. The van der Waals surface area contributed by atoms with E-state index in [0.29, 0.717) is 19.4 Å². The molecule has 1 aliphatic rings. The van der Waals surface area contributed by atoms with Gasteiger partial charge in [-0.2, -0.15) is 0 Å². The molecule has 1 fully saturated rings. The predicted molar refractivity (Wildman–Crippen MR) is 88.8 cm³/mol. The van der Waals surface area contributed by atoms with Crippen molar-refractivity contribution in [2.45, 2.75) is 90.4 Å². The number of amides is 1. The Balaban J connectivity index is 2.69. The lowest BCUT2D eigenvalue weighted by Gasteiger charge is -2.29. The van der Waals surface area contributed by atoms with Crippen LogP contribution in [0.4, 0.5) is 0 Å². The molecule has 0 bridgehead atoms. The third-order valence-corrected chi connectivity index (χ3v) is 4.84. The lowest BCUT2D eigenvalue weighted by atomic mass is 9.74. The van der Waals surface area contributed by atoms with Crippen LogP contribution >= 0.6 is 0 Å². The van der Waals surface area contributed by atoms with Crippen LogP contribution in [0.25, 0.3) is 0 Å². The molecule has 4 heteroatoms. The lowest BCUT2D eigenvalue weighted by Crippen LogP contribution is -2.38. The maximum Gasteiger partial charge on any atom is 0.310 e. The van der Waals surface area contributed by atoms with Crippen LogP contribution < -0.4 is 5.32 Å². The molecule has 0 atom stereocenters. The van der Waals surface area contributed by atoms with E-state index in [1.807, 2.05) is 6.92 Å². The average molecular weight is 311 g/mol. The van der Waals surface area contributed by atoms with Crippen molar-refractivity contribution in [2.24, 2.45) is 5.41 Å². The number of rotatable bonds is 5. The van der Waals surface area contributed by atoms with Gasteiger partial charge >= 0.3 is 5.97 Å². The van der Waals surface area contributed by atoms with Gasteiger partial charge in [0.05, 0.1) is 5.41 Å². The molecule has 0 radical (unpaired) electrons. The number of carbonyl (C=O) groups excluding carboxylic acids is 1. The van der Waals surface area contributed by atoms with Gasteiger partial charge in [-0.1, -0.05) is 64.7 Å². The van der Waals surface area contributed by atoms with E-state index in [1.54, 1.807) is 0 Å². The molecule has 1 amide bonds. The van der Waals surface area contributed by atoms with Gasteiger partial charge in [0, 0.05) is 13.0 Å². The summed E-state index contributed by atoms with van der Waals surface area (Å²) in [5.74, 6) is -0.882. The van der Waals surface area contributed by atoms with E-state index in [-0.39, 0.29) is 12.3 Å². The number of carboxylic acid groups (broad SMARTS) is 1. The maximum atomic E-state index is 12.1. The molecule has 0 unspecified atom stereocenters. The van der Waals surface area contributed by atoms with E-state index in [1.165, 1.54) is 32.1 Å².